The maximum atomic E-state index is 12.9. The SMILES string of the molecule is Cl.NCC1CCN(C(=O)c2nc(-c3ccccc3)n(-c3ccccc3)n2)C1. The molecule has 2 heterocycles. The van der Waals surface area contributed by atoms with Gasteiger partial charge >= 0.3 is 0 Å². The minimum Gasteiger partial charge on any atom is -0.336 e. The fourth-order valence-corrected chi connectivity index (χ4v) is 3.28. The topological polar surface area (TPSA) is 77.0 Å². The fraction of sp³-hybridized carbons (Fsp3) is 0.250. The summed E-state index contributed by atoms with van der Waals surface area (Å²) in [5.41, 5.74) is 7.54. The minimum atomic E-state index is -0.132. The number of carbonyl (C=O) groups excluding carboxylic acids is 1. The molecule has 1 fully saturated rings. The van der Waals surface area contributed by atoms with Gasteiger partial charge in [0, 0.05) is 18.7 Å². The van der Waals surface area contributed by atoms with Crippen LogP contribution in [0.3, 0.4) is 0 Å². The van der Waals surface area contributed by atoms with Gasteiger partial charge in [0.05, 0.1) is 5.69 Å². The lowest BCUT2D eigenvalue weighted by Crippen LogP contribution is -2.30. The van der Waals surface area contributed by atoms with Crippen molar-refractivity contribution in [2.24, 2.45) is 11.7 Å². The summed E-state index contributed by atoms with van der Waals surface area (Å²) >= 11 is 0. The molecule has 140 valence electrons. The van der Waals surface area contributed by atoms with Gasteiger partial charge in [0.25, 0.3) is 5.91 Å². The summed E-state index contributed by atoms with van der Waals surface area (Å²) in [7, 11) is 0. The summed E-state index contributed by atoms with van der Waals surface area (Å²) in [6, 6.07) is 19.5. The van der Waals surface area contributed by atoms with Crippen molar-refractivity contribution in [3.05, 3.63) is 66.5 Å². The van der Waals surface area contributed by atoms with Crippen LogP contribution in [0.25, 0.3) is 17.1 Å². The van der Waals surface area contributed by atoms with E-state index >= 15 is 0 Å². The van der Waals surface area contributed by atoms with Gasteiger partial charge in [-0.3, -0.25) is 4.79 Å². The molecule has 27 heavy (non-hydrogen) atoms. The number of amides is 1. The van der Waals surface area contributed by atoms with E-state index in [-0.39, 0.29) is 24.1 Å². The molecule has 0 aliphatic carbocycles. The van der Waals surface area contributed by atoms with Gasteiger partial charge in [-0.25, -0.2) is 9.67 Å². The molecule has 0 spiro atoms. The van der Waals surface area contributed by atoms with Gasteiger partial charge in [-0.2, -0.15) is 0 Å². The Bertz CT molecular complexity index is 840. The summed E-state index contributed by atoms with van der Waals surface area (Å²) in [5, 5.41) is 4.54. The molecule has 1 amide bonds. The molecule has 1 aliphatic rings. The molecule has 1 unspecified atom stereocenters. The van der Waals surface area contributed by atoms with E-state index in [4.69, 9.17) is 5.73 Å². The number of benzene rings is 2. The van der Waals surface area contributed by atoms with Crippen molar-refractivity contribution in [3.63, 3.8) is 0 Å². The molecule has 1 aliphatic heterocycles. The number of likely N-dealkylation sites (tertiary alicyclic amines) is 1. The molecule has 4 rings (SSSR count). The second kappa shape index (κ2) is 8.33. The van der Waals surface area contributed by atoms with Crippen LogP contribution in [0.1, 0.15) is 17.0 Å². The maximum Gasteiger partial charge on any atom is 0.293 e. The standard InChI is InChI=1S/C20H21N5O.ClH/c21-13-15-11-12-24(14-15)20(26)18-22-19(16-7-3-1-4-8-16)25(23-18)17-9-5-2-6-10-17;/h1-10,15H,11-14,21H2;1H. The number of hydrogen-bond donors (Lipinski definition) is 1. The van der Waals surface area contributed by atoms with Crippen LogP contribution in [0, 0.1) is 5.92 Å². The highest BCUT2D eigenvalue weighted by Crippen LogP contribution is 2.23. The zero-order valence-corrected chi connectivity index (χ0v) is 15.7. The van der Waals surface area contributed by atoms with Gasteiger partial charge in [0.2, 0.25) is 5.82 Å². The molecule has 1 aromatic heterocycles. The first kappa shape index (κ1) is 19.1. The monoisotopic (exact) mass is 383 g/mol. The molecule has 1 atom stereocenters. The van der Waals surface area contributed by atoms with Crippen molar-refractivity contribution in [2.45, 2.75) is 6.42 Å². The predicted octanol–water partition coefficient (Wildman–Crippen LogP) is 2.78. The van der Waals surface area contributed by atoms with E-state index in [0.29, 0.717) is 31.4 Å². The lowest BCUT2D eigenvalue weighted by molar-refractivity contribution is 0.0775. The number of nitrogens with two attached hydrogens (primary N) is 1. The van der Waals surface area contributed by atoms with E-state index in [2.05, 4.69) is 10.1 Å². The molecular weight excluding hydrogens is 362 g/mol. The largest absolute Gasteiger partial charge is 0.336 e. The number of halogens is 1. The minimum absolute atomic E-state index is 0. The van der Waals surface area contributed by atoms with E-state index in [1.807, 2.05) is 60.7 Å². The first-order valence-corrected chi connectivity index (χ1v) is 8.83. The Hall–Kier alpha value is -2.70. The molecule has 0 radical (unpaired) electrons. The van der Waals surface area contributed by atoms with Crippen LogP contribution in [-0.4, -0.2) is 45.2 Å². The summed E-state index contributed by atoms with van der Waals surface area (Å²) in [5.74, 6) is 1.12. The molecule has 6 nitrogen and oxygen atoms in total. The highest BCUT2D eigenvalue weighted by atomic mass is 35.5. The van der Waals surface area contributed by atoms with E-state index in [9.17, 15) is 4.79 Å². The van der Waals surface area contributed by atoms with Crippen molar-refractivity contribution >= 4 is 18.3 Å². The molecule has 0 bridgehead atoms. The second-order valence-corrected chi connectivity index (χ2v) is 6.51. The van der Waals surface area contributed by atoms with E-state index < -0.39 is 0 Å². The van der Waals surface area contributed by atoms with Gasteiger partial charge in [-0.15, -0.1) is 17.5 Å². The smallest absolute Gasteiger partial charge is 0.293 e. The summed E-state index contributed by atoms with van der Waals surface area (Å²) in [4.78, 5) is 19.3. The molecule has 2 aromatic carbocycles. The Morgan fingerprint density at radius 3 is 2.37 bits per heavy atom. The van der Waals surface area contributed by atoms with Gasteiger partial charge in [0.1, 0.15) is 0 Å². The Kier molecular flexibility index (Phi) is 5.88. The van der Waals surface area contributed by atoms with Gasteiger partial charge in [-0.05, 0) is 31.0 Å². The third kappa shape index (κ3) is 3.86. The third-order valence-corrected chi connectivity index (χ3v) is 4.74. The van der Waals surface area contributed by atoms with Gasteiger partial charge in [0.15, 0.2) is 5.82 Å². The summed E-state index contributed by atoms with van der Waals surface area (Å²) < 4.78 is 1.74. The Morgan fingerprint density at radius 2 is 1.74 bits per heavy atom. The number of rotatable bonds is 4. The number of hydrogen-bond acceptors (Lipinski definition) is 4. The number of carbonyl (C=O) groups is 1. The molecule has 7 heteroatoms. The number of aromatic nitrogens is 3. The van der Waals surface area contributed by atoms with Crippen molar-refractivity contribution in [3.8, 4) is 17.1 Å². The van der Waals surface area contributed by atoms with Crippen LogP contribution < -0.4 is 5.73 Å². The van der Waals surface area contributed by atoms with Crippen LogP contribution >= 0.6 is 12.4 Å². The highest BCUT2D eigenvalue weighted by molar-refractivity contribution is 5.91. The van der Waals surface area contributed by atoms with Crippen molar-refractivity contribution in [1.29, 1.82) is 0 Å². The van der Waals surface area contributed by atoms with Gasteiger partial charge < -0.3 is 10.6 Å². The van der Waals surface area contributed by atoms with Crippen molar-refractivity contribution in [1.82, 2.24) is 19.7 Å². The van der Waals surface area contributed by atoms with E-state index in [0.717, 1.165) is 17.7 Å². The van der Waals surface area contributed by atoms with E-state index in [1.54, 1.807) is 9.58 Å². The van der Waals surface area contributed by atoms with E-state index in [1.165, 1.54) is 0 Å². The molecule has 2 N–H and O–H groups in total. The van der Waals surface area contributed by atoms with Crippen molar-refractivity contribution in [2.75, 3.05) is 19.6 Å². The highest BCUT2D eigenvalue weighted by Gasteiger charge is 2.29. The average molecular weight is 384 g/mol. The maximum absolute atomic E-state index is 12.9. The van der Waals surface area contributed by atoms with Crippen LogP contribution in [0.15, 0.2) is 60.7 Å². The van der Waals surface area contributed by atoms with Crippen molar-refractivity contribution < 1.29 is 4.79 Å². The quantitative estimate of drug-likeness (QED) is 0.751. The zero-order valence-electron chi connectivity index (χ0n) is 14.9. The normalized spacial score (nSPS) is 16.2. The first-order chi connectivity index (χ1) is 12.8. The first-order valence-electron chi connectivity index (χ1n) is 8.83. The molecule has 1 saturated heterocycles. The van der Waals surface area contributed by atoms with Crippen LogP contribution in [0.5, 0.6) is 0 Å². The molecule has 3 aromatic rings. The van der Waals surface area contributed by atoms with Gasteiger partial charge in [-0.1, -0.05) is 48.5 Å². The Morgan fingerprint density at radius 1 is 1.07 bits per heavy atom. The lowest BCUT2D eigenvalue weighted by atomic mass is 10.1. The number of para-hydroxylation sites is 1. The summed E-state index contributed by atoms with van der Waals surface area (Å²) in [6.45, 7) is 1.99. The predicted molar refractivity (Wildman–Crippen MR) is 107 cm³/mol. The number of nitrogens with zero attached hydrogens (tertiary/aromatic N) is 4. The molecule has 0 saturated carbocycles. The summed E-state index contributed by atoms with van der Waals surface area (Å²) in [6.07, 6.45) is 0.938. The zero-order chi connectivity index (χ0) is 17.9. The Balaban J connectivity index is 0.00000210. The lowest BCUT2D eigenvalue weighted by Gasteiger charge is -2.13. The molecular formula is C20H22ClN5O. The average Bonchev–Trinajstić information content (AvgIpc) is 3.36. The Labute approximate surface area is 164 Å². The van der Waals surface area contributed by atoms with Crippen LogP contribution in [-0.2, 0) is 0 Å². The third-order valence-electron chi connectivity index (χ3n) is 4.74. The van der Waals surface area contributed by atoms with Crippen LogP contribution in [0.2, 0.25) is 0 Å². The van der Waals surface area contributed by atoms with Crippen LogP contribution in [0.4, 0.5) is 0 Å². The second-order valence-electron chi connectivity index (χ2n) is 6.51. The fourth-order valence-electron chi connectivity index (χ4n) is 3.28.